The molecule has 1 aliphatic heterocycles. The maximum atomic E-state index is 11.3. The predicted molar refractivity (Wildman–Crippen MR) is 67.3 cm³/mol. The average molecular weight is 262 g/mol. The minimum atomic E-state index is -0.674. The quantitative estimate of drug-likeness (QED) is 0.463. The van der Waals surface area contributed by atoms with Crippen LogP contribution in [0.15, 0.2) is 22.1 Å². The van der Waals surface area contributed by atoms with Crippen molar-refractivity contribution < 1.29 is 18.7 Å². The van der Waals surface area contributed by atoms with Gasteiger partial charge in [0.15, 0.2) is 5.88 Å². The molecule has 6 nitrogen and oxygen atoms in total. The molecule has 1 aromatic rings. The van der Waals surface area contributed by atoms with Crippen molar-refractivity contribution in [3.8, 4) is 6.07 Å². The molecule has 2 rings (SSSR count). The summed E-state index contributed by atoms with van der Waals surface area (Å²) in [6.07, 6.45) is 1.37. The second-order valence-electron chi connectivity index (χ2n) is 3.94. The van der Waals surface area contributed by atoms with E-state index >= 15 is 0 Å². The Morgan fingerprint density at radius 3 is 2.84 bits per heavy atom. The lowest BCUT2D eigenvalue weighted by Crippen LogP contribution is -2.35. The van der Waals surface area contributed by atoms with Crippen molar-refractivity contribution in [3.63, 3.8) is 0 Å². The third-order valence-corrected chi connectivity index (χ3v) is 2.75. The molecule has 1 fully saturated rings. The first-order valence-electron chi connectivity index (χ1n) is 5.87. The van der Waals surface area contributed by atoms with E-state index in [1.54, 1.807) is 12.1 Å². The van der Waals surface area contributed by atoms with Gasteiger partial charge in [0.1, 0.15) is 17.4 Å². The van der Waals surface area contributed by atoms with Crippen LogP contribution in [0.3, 0.4) is 0 Å². The van der Waals surface area contributed by atoms with Crippen LogP contribution < -0.4 is 4.90 Å². The Kier molecular flexibility index (Phi) is 4.21. The van der Waals surface area contributed by atoms with E-state index < -0.39 is 5.97 Å². The monoisotopic (exact) mass is 262 g/mol. The SMILES string of the molecule is COC(=O)/C(C#N)=C\c1ccc(N2CCOCC2)o1. The number of methoxy groups -OCH3 is 1. The summed E-state index contributed by atoms with van der Waals surface area (Å²) in [5, 5.41) is 8.86. The molecule has 0 amide bonds. The summed E-state index contributed by atoms with van der Waals surface area (Å²) in [6.45, 7) is 2.85. The first kappa shape index (κ1) is 13.2. The van der Waals surface area contributed by atoms with Gasteiger partial charge in [-0.05, 0) is 6.07 Å². The van der Waals surface area contributed by atoms with Crippen molar-refractivity contribution in [3.05, 3.63) is 23.5 Å². The number of furan rings is 1. The third kappa shape index (κ3) is 3.14. The van der Waals surface area contributed by atoms with E-state index in [9.17, 15) is 4.79 Å². The first-order chi connectivity index (χ1) is 9.24. The highest BCUT2D eigenvalue weighted by molar-refractivity contribution is 5.97. The summed E-state index contributed by atoms with van der Waals surface area (Å²) in [7, 11) is 1.23. The van der Waals surface area contributed by atoms with Crippen LogP contribution in [0.5, 0.6) is 0 Å². The van der Waals surface area contributed by atoms with Crippen LogP contribution in [-0.2, 0) is 14.3 Å². The molecular formula is C13H14N2O4. The van der Waals surface area contributed by atoms with Crippen molar-refractivity contribution in [2.24, 2.45) is 0 Å². The lowest BCUT2D eigenvalue weighted by molar-refractivity contribution is -0.135. The van der Waals surface area contributed by atoms with Gasteiger partial charge >= 0.3 is 5.97 Å². The summed E-state index contributed by atoms with van der Waals surface area (Å²) in [5.74, 6) is 0.479. The molecule has 6 heteroatoms. The highest BCUT2D eigenvalue weighted by Crippen LogP contribution is 2.21. The molecule has 1 saturated heterocycles. The molecule has 0 aliphatic carbocycles. The molecule has 0 spiro atoms. The van der Waals surface area contributed by atoms with E-state index in [0.29, 0.717) is 24.9 Å². The van der Waals surface area contributed by atoms with Crippen LogP contribution in [0.4, 0.5) is 5.88 Å². The van der Waals surface area contributed by atoms with Gasteiger partial charge in [0, 0.05) is 25.2 Å². The van der Waals surface area contributed by atoms with E-state index in [2.05, 4.69) is 4.74 Å². The molecule has 0 saturated carbocycles. The van der Waals surface area contributed by atoms with E-state index in [-0.39, 0.29) is 5.57 Å². The van der Waals surface area contributed by atoms with Gasteiger partial charge in [-0.2, -0.15) is 5.26 Å². The van der Waals surface area contributed by atoms with Crippen LogP contribution in [0.25, 0.3) is 6.08 Å². The van der Waals surface area contributed by atoms with Crippen molar-refractivity contribution in [2.75, 3.05) is 38.3 Å². The van der Waals surface area contributed by atoms with E-state index in [1.807, 2.05) is 11.0 Å². The Hall–Kier alpha value is -2.26. The highest BCUT2D eigenvalue weighted by Gasteiger charge is 2.15. The van der Waals surface area contributed by atoms with E-state index in [0.717, 1.165) is 13.1 Å². The highest BCUT2D eigenvalue weighted by atomic mass is 16.5. The Balaban J connectivity index is 2.14. The van der Waals surface area contributed by atoms with Crippen LogP contribution >= 0.6 is 0 Å². The van der Waals surface area contributed by atoms with Crippen LogP contribution in [0, 0.1) is 11.3 Å². The molecular weight excluding hydrogens is 248 g/mol. The standard InChI is InChI=1S/C13H14N2O4/c1-17-13(16)10(9-14)8-11-2-3-12(19-11)15-4-6-18-7-5-15/h2-3,8H,4-7H2,1H3/b10-8-. The maximum Gasteiger partial charge on any atom is 0.348 e. The fourth-order valence-corrected chi connectivity index (χ4v) is 1.76. The molecule has 1 aromatic heterocycles. The Bertz CT molecular complexity index is 521. The summed E-state index contributed by atoms with van der Waals surface area (Å²) in [4.78, 5) is 13.3. The van der Waals surface area contributed by atoms with Gasteiger partial charge < -0.3 is 18.8 Å². The molecule has 100 valence electrons. The van der Waals surface area contributed by atoms with Gasteiger partial charge in [0.25, 0.3) is 0 Å². The number of anilines is 1. The smallest absolute Gasteiger partial charge is 0.348 e. The number of morpholine rings is 1. The number of ether oxygens (including phenoxy) is 2. The van der Waals surface area contributed by atoms with Gasteiger partial charge in [-0.25, -0.2) is 4.79 Å². The minimum Gasteiger partial charge on any atom is -0.465 e. The first-order valence-corrected chi connectivity index (χ1v) is 5.87. The van der Waals surface area contributed by atoms with Gasteiger partial charge in [-0.15, -0.1) is 0 Å². The molecule has 0 radical (unpaired) electrons. The molecule has 1 aliphatic rings. The summed E-state index contributed by atoms with van der Waals surface area (Å²) in [6, 6.07) is 5.31. The molecule has 0 unspecified atom stereocenters. The number of hydrogen-bond acceptors (Lipinski definition) is 6. The molecule has 0 aromatic carbocycles. The summed E-state index contributed by atoms with van der Waals surface area (Å²) in [5.41, 5.74) is -0.0922. The number of nitriles is 1. The number of carbonyl (C=O) groups excluding carboxylic acids is 1. The zero-order chi connectivity index (χ0) is 13.7. The van der Waals surface area contributed by atoms with Crippen molar-refractivity contribution in [1.29, 1.82) is 5.26 Å². The maximum absolute atomic E-state index is 11.3. The van der Waals surface area contributed by atoms with E-state index in [1.165, 1.54) is 13.2 Å². The molecule has 19 heavy (non-hydrogen) atoms. The molecule has 2 heterocycles. The summed E-state index contributed by atoms with van der Waals surface area (Å²) < 4.78 is 15.3. The average Bonchev–Trinajstić information content (AvgIpc) is 2.93. The van der Waals surface area contributed by atoms with Gasteiger partial charge in [0.2, 0.25) is 0 Å². The summed E-state index contributed by atoms with van der Waals surface area (Å²) >= 11 is 0. The lowest BCUT2D eigenvalue weighted by Gasteiger charge is -2.26. The number of rotatable bonds is 3. The number of nitrogens with zero attached hydrogens (tertiary/aromatic N) is 2. The second kappa shape index (κ2) is 6.07. The molecule has 0 bridgehead atoms. The van der Waals surface area contributed by atoms with Crippen molar-refractivity contribution >= 4 is 17.9 Å². The fraction of sp³-hybridized carbons (Fsp3) is 0.385. The van der Waals surface area contributed by atoms with Gasteiger partial charge in [0.05, 0.1) is 20.3 Å². The van der Waals surface area contributed by atoms with Gasteiger partial charge in [-0.1, -0.05) is 0 Å². The Labute approximate surface area is 110 Å². The van der Waals surface area contributed by atoms with E-state index in [4.69, 9.17) is 14.4 Å². The number of hydrogen-bond donors (Lipinski definition) is 0. The number of esters is 1. The molecule has 0 N–H and O–H groups in total. The van der Waals surface area contributed by atoms with Crippen LogP contribution in [0.2, 0.25) is 0 Å². The zero-order valence-electron chi connectivity index (χ0n) is 10.6. The van der Waals surface area contributed by atoms with Crippen molar-refractivity contribution in [2.45, 2.75) is 0 Å². The largest absolute Gasteiger partial charge is 0.465 e. The lowest BCUT2D eigenvalue weighted by atomic mass is 10.2. The van der Waals surface area contributed by atoms with Crippen molar-refractivity contribution in [1.82, 2.24) is 0 Å². The fourth-order valence-electron chi connectivity index (χ4n) is 1.76. The predicted octanol–water partition coefficient (Wildman–Crippen LogP) is 1.20. The number of carbonyl (C=O) groups is 1. The molecule has 0 atom stereocenters. The third-order valence-electron chi connectivity index (χ3n) is 2.75. The van der Waals surface area contributed by atoms with Gasteiger partial charge in [-0.3, -0.25) is 0 Å². The normalized spacial score (nSPS) is 16.0. The Morgan fingerprint density at radius 1 is 1.47 bits per heavy atom. The van der Waals surface area contributed by atoms with Crippen LogP contribution in [0.1, 0.15) is 5.76 Å². The Morgan fingerprint density at radius 2 is 2.21 bits per heavy atom. The zero-order valence-corrected chi connectivity index (χ0v) is 10.6. The minimum absolute atomic E-state index is 0.0922. The van der Waals surface area contributed by atoms with Crippen LogP contribution in [-0.4, -0.2) is 39.4 Å². The second-order valence-corrected chi connectivity index (χ2v) is 3.94. The topological polar surface area (TPSA) is 75.7 Å².